The number of halogens is 1. The van der Waals surface area contributed by atoms with E-state index in [0.29, 0.717) is 11.8 Å². The molecular formula is C15H20FNO2. The lowest BCUT2D eigenvalue weighted by molar-refractivity contribution is 0.00817. The highest BCUT2D eigenvalue weighted by atomic mass is 19.1. The summed E-state index contributed by atoms with van der Waals surface area (Å²) in [6, 6.07) is 3.74. The van der Waals surface area contributed by atoms with Crippen molar-refractivity contribution in [3.63, 3.8) is 0 Å². The first-order valence-corrected chi connectivity index (χ1v) is 6.71. The van der Waals surface area contributed by atoms with Crippen molar-refractivity contribution in [3.05, 3.63) is 29.6 Å². The Morgan fingerprint density at radius 3 is 2.47 bits per heavy atom. The summed E-state index contributed by atoms with van der Waals surface area (Å²) in [6.07, 6.45) is 2.89. The number of nitrogen functional groups attached to an aromatic ring is 1. The molecule has 104 valence electrons. The summed E-state index contributed by atoms with van der Waals surface area (Å²) in [5, 5.41) is 0. The predicted molar refractivity (Wildman–Crippen MR) is 72.2 cm³/mol. The Morgan fingerprint density at radius 2 is 1.89 bits per heavy atom. The molecule has 0 aromatic heterocycles. The van der Waals surface area contributed by atoms with Crippen molar-refractivity contribution in [2.24, 2.45) is 11.8 Å². The average molecular weight is 265 g/mol. The minimum Gasteiger partial charge on any atom is -0.459 e. The van der Waals surface area contributed by atoms with Gasteiger partial charge in [-0.2, -0.15) is 0 Å². The van der Waals surface area contributed by atoms with Gasteiger partial charge in [-0.05, 0) is 49.3 Å². The molecule has 0 heterocycles. The normalized spacial score (nSPS) is 27.0. The molecule has 1 aliphatic rings. The number of esters is 1. The molecular weight excluding hydrogens is 245 g/mol. The van der Waals surface area contributed by atoms with Gasteiger partial charge in [0.15, 0.2) is 0 Å². The summed E-state index contributed by atoms with van der Waals surface area (Å²) in [4.78, 5) is 12.0. The van der Waals surface area contributed by atoms with Crippen LogP contribution in [0.4, 0.5) is 10.1 Å². The van der Waals surface area contributed by atoms with Crippen molar-refractivity contribution in [2.45, 2.75) is 39.2 Å². The second-order valence-electron chi connectivity index (χ2n) is 5.68. The molecule has 19 heavy (non-hydrogen) atoms. The first kappa shape index (κ1) is 13.8. The van der Waals surface area contributed by atoms with Crippen LogP contribution in [-0.2, 0) is 4.74 Å². The molecule has 2 atom stereocenters. The van der Waals surface area contributed by atoms with Crippen LogP contribution in [0.5, 0.6) is 0 Å². The van der Waals surface area contributed by atoms with E-state index in [9.17, 15) is 9.18 Å². The summed E-state index contributed by atoms with van der Waals surface area (Å²) in [5.41, 5.74) is 6.01. The smallest absolute Gasteiger partial charge is 0.340 e. The second kappa shape index (κ2) is 5.59. The van der Waals surface area contributed by atoms with Gasteiger partial charge < -0.3 is 10.5 Å². The number of hydrogen-bond donors (Lipinski definition) is 1. The van der Waals surface area contributed by atoms with Gasteiger partial charge in [0.25, 0.3) is 0 Å². The maximum atomic E-state index is 12.9. The Bertz CT molecular complexity index is 465. The standard InChI is InChI=1S/C15H20FNO2/c1-9-5-10(2)7-12(6-9)19-15(18)13-4-3-11(16)8-14(13)17/h3-4,8-10,12H,5-7,17H2,1-2H3. The van der Waals surface area contributed by atoms with E-state index < -0.39 is 11.8 Å². The summed E-state index contributed by atoms with van der Waals surface area (Å²) < 4.78 is 18.4. The van der Waals surface area contributed by atoms with Crippen LogP contribution in [-0.4, -0.2) is 12.1 Å². The molecule has 3 nitrogen and oxygen atoms in total. The molecule has 2 unspecified atom stereocenters. The Labute approximate surface area is 112 Å². The zero-order chi connectivity index (χ0) is 14.0. The highest BCUT2D eigenvalue weighted by Gasteiger charge is 2.27. The summed E-state index contributed by atoms with van der Waals surface area (Å²) in [5.74, 6) is 0.219. The molecule has 1 fully saturated rings. The average Bonchev–Trinajstić information content (AvgIpc) is 2.26. The minimum atomic E-state index is -0.455. The third-order valence-electron chi connectivity index (χ3n) is 3.64. The number of benzene rings is 1. The second-order valence-corrected chi connectivity index (χ2v) is 5.68. The number of anilines is 1. The van der Waals surface area contributed by atoms with Gasteiger partial charge in [0.05, 0.1) is 5.56 Å². The number of hydrogen-bond acceptors (Lipinski definition) is 3. The first-order chi connectivity index (χ1) is 8.95. The Morgan fingerprint density at radius 1 is 1.26 bits per heavy atom. The van der Waals surface area contributed by atoms with Gasteiger partial charge in [-0.25, -0.2) is 9.18 Å². The van der Waals surface area contributed by atoms with Crippen molar-refractivity contribution < 1.29 is 13.9 Å². The number of carbonyl (C=O) groups is 1. The van der Waals surface area contributed by atoms with E-state index in [1.807, 2.05) is 0 Å². The third kappa shape index (κ3) is 3.46. The highest BCUT2D eigenvalue weighted by molar-refractivity contribution is 5.95. The molecule has 1 saturated carbocycles. The number of carbonyl (C=O) groups excluding carboxylic acids is 1. The van der Waals surface area contributed by atoms with E-state index >= 15 is 0 Å². The van der Waals surface area contributed by atoms with Crippen LogP contribution in [0.25, 0.3) is 0 Å². The fraction of sp³-hybridized carbons (Fsp3) is 0.533. The van der Waals surface area contributed by atoms with Gasteiger partial charge in [-0.1, -0.05) is 13.8 Å². The molecule has 1 aromatic rings. The van der Waals surface area contributed by atoms with E-state index in [0.717, 1.165) is 18.9 Å². The Hall–Kier alpha value is -1.58. The zero-order valence-corrected chi connectivity index (χ0v) is 11.4. The lowest BCUT2D eigenvalue weighted by Crippen LogP contribution is -2.28. The fourth-order valence-electron chi connectivity index (χ4n) is 2.90. The van der Waals surface area contributed by atoms with E-state index in [4.69, 9.17) is 10.5 Å². The molecule has 1 aliphatic carbocycles. The summed E-state index contributed by atoms with van der Waals surface area (Å²) >= 11 is 0. The van der Waals surface area contributed by atoms with Gasteiger partial charge in [-0.15, -0.1) is 0 Å². The number of nitrogens with two attached hydrogens (primary N) is 1. The summed E-state index contributed by atoms with van der Waals surface area (Å²) in [7, 11) is 0. The Kier molecular flexibility index (Phi) is 4.08. The third-order valence-corrected chi connectivity index (χ3v) is 3.64. The lowest BCUT2D eigenvalue weighted by Gasteiger charge is -2.31. The molecule has 4 heteroatoms. The van der Waals surface area contributed by atoms with Crippen LogP contribution in [0.2, 0.25) is 0 Å². The van der Waals surface area contributed by atoms with Gasteiger partial charge in [0, 0.05) is 5.69 Å². The molecule has 2 N–H and O–H groups in total. The molecule has 0 amide bonds. The van der Waals surface area contributed by atoms with Crippen LogP contribution in [0.1, 0.15) is 43.5 Å². The fourth-order valence-corrected chi connectivity index (χ4v) is 2.90. The summed E-state index contributed by atoms with van der Waals surface area (Å²) in [6.45, 7) is 4.34. The zero-order valence-electron chi connectivity index (χ0n) is 11.4. The van der Waals surface area contributed by atoms with Crippen molar-refractivity contribution in [2.75, 3.05) is 5.73 Å². The van der Waals surface area contributed by atoms with Crippen LogP contribution in [0.15, 0.2) is 18.2 Å². The molecule has 0 aliphatic heterocycles. The lowest BCUT2D eigenvalue weighted by atomic mass is 9.82. The van der Waals surface area contributed by atoms with Crippen LogP contribution in [0.3, 0.4) is 0 Å². The van der Waals surface area contributed by atoms with E-state index in [1.165, 1.54) is 18.6 Å². The topological polar surface area (TPSA) is 52.3 Å². The van der Waals surface area contributed by atoms with Gasteiger partial charge in [-0.3, -0.25) is 0 Å². The van der Waals surface area contributed by atoms with E-state index in [2.05, 4.69) is 13.8 Å². The highest BCUT2D eigenvalue weighted by Crippen LogP contribution is 2.31. The maximum Gasteiger partial charge on any atom is 0.340 e. The molecule has 1 aromatic carbocycles. The minimum absolute atomic E-state index is 0.0595. The van der Waals surface area contributed by atoms with Crippen LogP contribution in [0, 0.1) is 17.7 Å². The van der Waals surface area contributed by atoms with E-state index in [-0.39, 0.29) is 17.4 Å². The quantitative estimate of drug-likeness (QED) is 0.658. The molecule has 0 saturated heterocycles. The van der Waals surface area contributed by atoms with Crippen molar-refractivity contribution in [3.8, 4) is 0 Å². The van der Waals surface area contributed by atoms with Crippen molar-refractivity contribution in [1.29, 1.82) is 0 Å². The van der Waals surface area contributed by atoms with Crippen LogP contribution < -0.4 is 5.73 Å². The molecule has 0 bridgehead atoms. The Balaban J connectivity index is 2.04. The van der Waals surface area contributed by atoms with Crippen LogP contribution >= 0.6 is 0 Å². The number of rotatable bonds is 2. The van der Waals surface area contributed by atoms with Gasteiger partial charge in [0.1, 0.15) is 11.9 Å². The van der Waals surface area contributed by atoms with Gasteiger partial charge >= 0.3 is 5.97 Å². The van der Waals surface area contributed by atoms with Gasteiger partial charge in [0.2, 0.25) is 0 Å². The number of ether oxygens (including phenoxy) is 1. The predicted octanol–water partition coefficient (Wildman–Crippen LogP) is 3.39. The SMILES string of the molecule is CC1CC(C)CC(OC(=O)c2ccc(F)cc2N)C1. The van der Waals surface area contributed by atoms with Crippen molar-refractivity contribution >= 4 is 11.7 Å². The molecule has 0 radical (unpaired) electrons. The largest absolute Gasteiger partial charge is 0.459 e. The molecule has 0 spiro atoms. The molecule has 2 rings (SSSR count). The van der Waals surface area contributed by atoms with Crippen molar-refractivity contribution in [1.82, 2.24) is 0 Å². The first-order valence-electron chi connectivity index (χ1n) is 6.71. The maximum absolute atomic E-state index is 12.9. The van der Waals surface area contributed by atoms with E-state index in [1.54, 1.807) is 0 Å². The monoisotopic (exact) mass is 265 g/mol.